The van der Waals surface area contributed by atoms with E-state index in [1.165, 1.54) is 24.0 Å². The summed E-state index contributed by atoms with van der Waals surface area (Å²) >= 11 is 0. The van der Waals surface area contributed by atoms with Crippen LogP contribution in [0.3, 0.4) is 0 Å². The van der Waals surface area contributed by atoms with Gasteiger partial charge in [-0.05, 0) is 99.7 Å². The van der Waals surface area contributed by atoms with E-state index in [1.807, 2.05) is 36.4 Å². The van der Waals surface area contributed by atoms with Crippen LogP contribution in [-0.4, -0.2) is 24.5 Å². The fraction of sp³-hybridized carbons (Fsp3) is 0.625. The molecule has 0 amide bonds. The van der Waals surface area contributed by atoms with Crippen LogP contribution in [0.1, 0.15) is 95.0 Å². The molecule has 0 saturated heterocycles. The number of carbonyl (C=O) groups is 2. The molecule has 0 bridgehead atoms. The van der Waals surface area contributed by atoms with Gasteiger partial charge in [-0.15, -0.1) is 0 Å². The number of rotatable bonds is 6. The quantitative estimate of drug-likeness (QED) is 0.240. The van der Waals surface area contributed by atoms with Crippen molar-refractivity contribution in [1.29, 1.82) is 0 Å². The summed E-state index contributed by atoms with van der Waals surface area (Å²) in [4.78, 5) is 25.5. The first kappa shape index (κ1) is 25.4. The number of carbonyl (C=O) groups excluding carboxylic acids is 2. The van der Waals surface area contributed by atoms with E-state index >= 15 is 0 Å². The first-order chi connectivity index (χ1) is 17.2. The van der Waals surface area contributed by atoms with Crippen molar-refractivity contribution in [2.24, 2.45) is 28.6 Å². The number of ether oxygens (including phenoxy) is 2. The lowest BCUT2D eigenvalue weighted by Gasteiger charge is -2.57. The molecule has 1 aromatic carbocycles. The Morgan fingerprint density at radius 2 is 1.83 bits per heavy atom. The minimum atomic E-state index is -0.211. The molecule has 4 aliphatic carbocycles. The molecule has 1 aromatic rings. The second kappa shape index (κ2) is 9.93. The summed E-state index contributed by atoms with van der Waals surface area (Å²) in [5.74, 6) is 2.01. The zero-order chi connectivity index (χ0) is 25.5. The van der Waals surface area contributed by atoms with Crippen LogP contribution in [0.25, 0.3) is 0 Å². The van der Waals surface area contributed by atoms with E-state index < -0.39 is 0 Å². The van der Waals surface area contributed by atoms with Crippen LogP contribution in [-0.2, 0) is 20.9 Å². The second-order valence-corrected chi connectivity index (χ2v) is 12.4. The van der Waals surface area contributed by atoms with E-state index in [2.05, 4.69) is 27.7 Å². The lowest BCUT2D eigenvalue weighted by Crippen LogP contribution is -2.51. The summed E-state index contributed by atoms with van der Waals surface area (Å²) in [7, 11) is 0. The number of hydrogen-bond donors (Lipinski definition) is 0. The van der Waals surface area contributed by atoms with Crippen molar-refractivity contribution in [2.45, 2.75) is 91.8 Å². The number of benzene rings is 1. The fourth-order valence-electron chi connectivity index (χ4n) is 8.14. The van der Waals surface area contributed by atoms with Gasteiger partial charge in [0, 0.05) is 11.8 Å². The highest BCUT2D eigenvalue weighted by atomic mass is 16.5. The van der Waals surface area contributed by atoms with Crippen LogP contribution in [0.2, 0.25) is 0 Å². The topological polar surface area (TPSA) is 52.6 Å². The molecule has 0 aliphatic heterocycles. The number of esters is 1. The number of ketones is 1. The highest BCUT2D eigenvalue weighted by Gasteiger charge is 2.60. The number of allylic oxidation sites excluding steroid dienone is 2. The summed E-state index contributed by atoms with van der Waals surface area (Å²) in [6.07, 6.45) is 12.3. The smallest absolute Gasteiger partial charge is 0.338 e. The Hall–Kier alpha value is -2.20. The third kappa shape index (κ3) is 4.51. The summed E-state index contributed by atoms with van der Waals surface area (Å²) in [6, 6.07) is 7.69. The third-order valence-corrected chi connectivity index (χ3v) is 10.2. The van der Waals surface area contributed by atoms with Crippen molar-refractivity contribution in [2.75, 3.05) is 6.61 Å². The lowest BCUT2D eigenvalue weighted by molar-refractivity contribution is -0.118. The minimum Gasteiger partial charge on any atom is -0.458 e. The molecule has 36 heavy (non-hydrogen) atoms. The zero-order valence-electron chi connectivity index (χ0n) is 22.5. The standard InChI is InChI=1S/C32H42O4/c1-21(2)15-18-35-20-22-7-5-6-8-25(22)30(34)36-29-12-11-27-26-10-9-23-19-24(33)13-16-31(23,3)28(26)14-17-32(27,29)4/h5-8,15,19,26-29H,9-14,16-18,20H2,1-4H3/t26-,27-,28-,29-,31-,32-/m0/s1. The molecule has 4 heteroatoms. The van der Waals surface area contributed by atoms with Gasteiger partial charge in [-0.2, -0.15) is 0 Å². The molecule has 0 unspecified atom stereocenters. The van der Waals surface area contributed by atoms with E-state index in [0.29, 0.717) is 48.7 Å². The highest BCUT2D eigenvalue weighted by Crippen LogP contribution is 2.65. The van der Waals surface area contributed by atoms with Gasteiger partial charge < -0.3 is 9.47 Å². The van der Waals surface area contributed by atoms with Crippen molar-refractivity contribution < 1.29 is 19.1 Å². The summed E-state index contributed by atoms with van der Waals surface area (Å²) < 4.78 is 12.1. The zero-order valence-corrected chi connectivity index (χ0v) is 22.5. The Morgan fingerprint density at radius 3 is 2.64 bits per heavy atom. The van der Waals surface area contributed by atoms with E-state index in [0.717, 1.165) is 37.7 Å². The molecule has 3 fully saturated rings. The fourth-order valence-corrected chi connectivity index (χ4v) is 8.14. The number of fused-ring (bicyclic) bond motifs is 5. The molecule has 5 rings (SSSR count). The monoisotopic (exact) mass is 490 g/mol. The van der Waals surface area contributed by atoms with Gasteiger partial charge in [-0.25, -0.2) is 4.79 Å². The molecule has 0 radical (unpaired) electrons. The maximum absolute atomic E-state index is 13.4. The van der Waals surface area contributed by atoms with Gasteiger partial charge in [0.25, 0.3) is 0 Å². The average molecular weight is 491 g/mol. The van der Waals surface area contributed by atoms with Crippen LogP contribution in [0.4, 0.5) is 0 Å². The van der Waals surface area contributed by atoms with Crippen LogP contribution >= 0.6 is 0 Å². The molecule has 4 nitrogen and oxygen atoms in total. The average Bonchev–Trinajstić information content (AvgIpc) is 3.18. The predicted octanol–water partition coefficient (Wildman–Crippen LogP) is 7.23. The Morgan fingerprint density at radius 1 is 1.03 bits per heavy atom. The van der Waals surface area contributed by atoms with E-state index in [1.54, 1.807) is 0 Å². The van der Waals surface area contributed by atoms with Crippen LogP contribution in [0.5, 0.6) is 0 Å². The molecule has 4 aliphatic rings. The SMILES string of the molecule is CC(C)=CCOCc1ccccc1C(=O)O[C@H]1CC[C@H]2[C@@H]3CCC4=CC(=O)CC[C@]4(C)[C@H]3CC[C@]12C. The molecule has 0 aromatic heterocycles. The van der Waals surface area contributed by atoms with Gasteiger partial charge in [-0.3, -0.25) is 4.79 Å². The predicted molar refractivity (Wildman–Crippen MR) is 141 cm³/mol. The summed E-state index contributed by atoms with van der Waals surface area (Å²) in [5.41, 5.74) is 4.36. The molecule has 6 atom stereocenters. The van der Waals surface area contributed by atoms with Crippen LogP contribution in [0.15, 0.2) is 47.6 Å². The van der Waals surface area contributed by atoms with Crippen molar-refractivity contribution >= 4 is 11.8 Å². The minimum absolute atomic E-state index is 0.0340. The molecule has 0 spiro atoms. The largest absolute Gasteiger partial charge is 0.458 e. The number of hydrogen-bond acceptors (Lipinski definition) is 4. The van der Waals surface area contributed by atoms with Gasteiger partial charge in [-0.1, -0.05) is 49.3 Å². The molecule has 194 valence electrons. The van der Waals surface area contributed by atoms with Crippen molar-refractivity contribution in [3.63, 3.8) is 0 Å². The van der Waals surface area contributed by atoms with Gasteiger partial charge in [0.1, 0.15) is 6.10 Å². The second-order valence-electron chi connectivity index (χ2n) is 12.4. The third-order valence-electron chi connectivity index (χ3n) is 10.2. The Balaban J connectivity index is 1.29. The summed E-state index contributed by atoms with van der Waals surface area (Å²) in [6.45, 7) is 9.86. The first-order valence-corrected chi connectivity index (χ1v) is 14.0. The van der Waals surface area contributed by atoms with E-state index in [-0.39, 0.29) is 22.9 Å². The maximum atomic E-state index is 13.4. The Labute approximate surface area is 216 Å². The van der Waals surface area contributed by atoms with E-state index in [9.17, 15) is 9.59 Å². The van der Waals surface area contributed by atoms with Gasteiger partial charge in [0.15, 0.2) is 5.78 Å². The van der Waals surface area contributed by atoms with Crippen molar-refractivity contribution in [3.05, 3.63) is 58.7 Å². The molecule has 0 heterocycles. The Kier molecular flexibility index (Phi) is 7.02. The maximum Gasteiger partial charge on any atom is 0.338 e. The highest BCUT2D eigenvalue weighted by molar-refractivity contribution is 5.92. The Bertz CT molecular complexity index is 1080. The van der Waals surface area contributed by atoms with E-state index in [4.69, 9.17) is 9.47 Å². The van der Waals surface area contributed by atoms with Gasteiger partial charge in [0.05, 0.1) is 18.8 Å². The summed E-state index contributed by atoms with van der Waals surface area (Å²) in [5, 5.41) is 0. The van der Waals surface area contributed by atoms with Crippen molar-refractivity contribution in [1.82, 2.24) is 0 Å². The first-order valence-electron chi connectivity index (χ1n) is 14.0. The molecule has 0 N–H and O–H groups in total. The van der Waals surface area contributed by atoms with Crippen molar-refractivity contribution in [3.8, 4) is 0 Å². The van der Waals surface area contributed by atoms with Gasteiger partial charge >= 0.3 is 5.97 Å². The molecule has 3 saturated carbocycles. The molecular formula is C32H42O4. The van der Waals surface area contributed by atoms with Gasteiger partial charge in [0.2, 0.25) is 0 Å². The molecular weight excluding hydrogens is 448 g/mol. The lowest BCUT2D eigenvalue weighted by atomic mass is 9.47. The van der Waals surface area contributed by atoms with Crippen LogP contribution in [0, 0.1) is 28.6 Å². The normalized spacial score (nSPS) is 35.2. The van der Waals surface area contributed by atoms with Crippen LogP contribution < -0.4 is 0 Å².